The van der Waals surface area contributed by atoms with Crippen LogP contribution >= 0.6 is 31.9 Å². The molecule has 0 amide bonds. The molecule has 1 heterocycles. The Labute approximate surface area is 130 Å². The summed E-state index contributed by atoms with van der Waals surface area (Å²) < 4.78 is 28.1. The Hall–Kier alpha value is 0.0500. The topological polar surface area (TPSA) is 49.4 Å². The molecule has 7 heteroatoms. The monoisotopic (exact) mass is 410 g/mol. The first kappa shape index (κ1) is 15.4. The summed E-state index contributed by atoms with van der Waals surface area (Å²) in [7, 11) is -1.81. The van der Waals surface area contributed by atoms with E-state index in [1.165, 1.54) is 4.31 Å². The maximum absolute atomic E-state index is 12.6. The predicted octanol–water partition coefficient (Wildman–Crippen LogP) is 2.58. The van der Waals surface area contributed by atoms with Gasteiger partial charge in [0.05, 0.1) is 4.90 Å². The van der Waals surface area contributed by atoms with E-state index >= 15 is 0 Å². The standard InChI is InChI=1S/C12H16Br2N2O2S/c1-16(10-3-2-6-15-8-10)19(17,18)12-5-4-9(13)7-11(12)14/h4-5,7,10,15H,2-3,6,8H2,1H3. The van der Waals surface area contributed by atoms with E-state index in [1.54, 1.807) is 25.2 Å². The van der Waals surface area contributed by atoms with Crippen LogP contribution in [-0.2, 0) is 10.0 Å². The van der Waals surface area contributed by atoms with Crippen LogP contribution in [0.15, 0.2) is 32.0 Å². The summed E-state index contributed by atoms with van der Waals surface area (Å²) >= 11 is 6.65. The van der Waals surface area contributed by atoms with Crippen LogP contribution in [0.1, 0.15) is 12.8 Å². The Kier molecular flexibility index (Phi) is 5.05. The van der Waals surface area contributed by atoms with Gasteiger partial charge in [-0.1, -0.05) is 15.9 Å². The molecule has 0 saturated carbocycles. The zero-order chi connectivity index (χ0) is 14.0. The van der Waals surface area contributed by atoms with Crippen molar-refractivity contribution in [2.45, 2.75) is 23.8 Å². The summed E-state index contributed by atoms with van der Waals surface area (Å²) in [5, 5.41) is 3.24. The van der Waals surface area contributed by atoms with Gasteiger partial charge in [-0.05, 0) is 53.5 Å². The van der Waals surface area contributed by atoms with Crippen molar-refractivity contribution in [3.8, 4) is 0 Å². The Bertz CT molecular complexity index is 557. The molecule has 0 aliphatic carbocycles. The zero-order valence-electron chi connectivity index (χ0n) is 10.6. The molecule has 1 aliphatic rings. The second kappa shape index (κ2) is 6.22. The van der Waals surface area contributed by atoms with E-state index < -0.39 is 10.0 Å². The van der Waals surface area contributed by atoms with E-state index in [9.17, 15) is 8.42 Å². The highest BCUT2D eigenvalue weighted by atomic mass is 79.9. The summed E-state index contributed by atoms with van der Waals surface area (Å²) in [6.45, 7) is 1.68. The summed E-state index contributed by atoms with van der Waals surface area (Å²) in [5.74, 6) is 0. The van der Waals surface area contributed by atoms with Crippen LogP contribution < -0.4 is 5.32 Å². The van der Waals surface area contributed by atoms with Crippen molar-refractivity contribution in [3.63, 3.8) is 0 Å². The molecule has 1 aromatic carbocycles. The van der Waals surface area contributed by atoms with Crippen LogP contribution in [0.4, 0.5) is 0 Å². The van der Waals surface area contributed by atoms with Crippen LogP contribution in [0.5, 0.6) is 0 Å². The Morgan fingerprint density at radius 2 is 2.11 bits per heavy atom. The van der Waals surface area contributed by atoms with Gasteiger partial charge in [0, 0.05) is 28.6 Å². The molecule has 106 valence electrons. The molecule has 4 nitrogen and oxygen atoms in total. The molecule has 19 heavy (non-hydrogen) atoms. The molecule has 0 aromatic heterocycles. The number of benzene rings is 1. The molecule has 1 N–H and O–H groups in total. The van der Waals surface area contributed by atoms with Gasteiger partial charge in [0.1, 0.15) is 0 Å². The zero-order valence-corrected chi connectivity index (χ0v) is 14.6. The summed E-state index contributed by atoms with van der Waals surface area (Å²) in [4.78, 5) is 0.309. The number of hydrogen-bond donors (Lipinski definition) is 1. The fourth-order valence-electron chi connectivity index (χ4n) is 2.18. The first-order chi connectivity index (χ1) is 8.93. The van der Waals surface area contributed by atoms with Gasteiger partial charge in [0.25, 0.3) is 0 Å². The first-order valence-corrected chi connectivity index (χ1v) is 9.09. The van der Waals surface area contributed by atoms with Gasteiger partial charge in [0.15, 0.2) is 0 Å². The predicted molar refractivity (Wildman–Crippen MR) is 82.7 cm³/mol. The third-order valence-electron chi connectivity index (χ3n) is 3.34. The number of piperidine rings is 1. The molecular weight excluding hydrogens is 396 g/mol. The molecule has 0 spiro atoms. The molecule has 1 saturated heterocycles. The number of likely N-dealkylation sites (N-methyl/N-ethyl adjacent to an activating group) is 1. The van der Waals surface area contributed by atoms with Gasteiger partial charge < -0.3 is 5.32 Å². The van der Waals surface area contributed by atoms with E-state index in [0.717, 1.165) is 23.9 Å². The van der Waals surface area contributed by atoms with E-state index in [4.69, 9.17) is 0 Å². The normalized spacial score (nSPS) is 20.7. The largest absolute Gasteiger partial charge is 0.315 e. The highest BCUT2D eigenvalue weighted by Gasteiger charge is 2.30. The van der Waals surface area contributed by atoms with Gasteiger partial charge in [-0.25, -0.2) is 8.42 Å². The SMILES string of the molecule is CN(C1CCCNC1)S(=O)(=O)c1ccc(Br)cc1Br. The lowest BCUT2D eigenvalue weighted by atomic mass is 10.1. The van der Waals surface area contributed by atoms with Crippen molar-refractivity contribution in [2.75, 3.05) is 20.1 Å². The maximum atomic E-state index is 12.6. The van der Waals surface area contributed by atoms with Gasteiger partial charge >= 0.3 is 0 Å². The van der Waals surface area contributed by atoms with E-state index in [1.807, 2.05) is 0 Å². The average molecular weight is 412 g/mol. The lowest BCUT2D eigenvalue weighted by Gasteiger charge is -2.31. The van der Waals surface area contributed by atoms with Crippen molar-refractivity contribution in [1.82, 2.24) is 9.62 Å². The molecule has 0 bridgehead atoms. The molecule has 0 radical (unpaired) electrons. The smallest absolute Gasteiger partial charge is 0.244 e. The van der Waals surface area contributed by atoms with Crippen LogP contribution in [0, 0.1) is 0 Å². The maximum Gasteiger partial charge on any atom is 0.244 e. The van der Waals surface area contributed by atoms with Crippen LogP contribution in [0.3, 0.4) is 0 Å². The Morgan fingerprint density at radius 1 is 1.37 bits per heavy atom. The molecule has 1 aromatic rings. The fraction of sp³-hybridized carbons (Fsp3) is 0.500. The third-order valence-corrected chi connectivity index (χ3v) is 6.72. The van der Waals surface area contributed by atoms with Gasteiger partial charge in [0.2, 0.25) is 10.0 Å². The number of hydrogen-bond acceptors (Lipinski definition) is 3. The van der Waals surface area contributed by atoms with E-state index in [0.29, 0.717) is 15.9 Å². The molecule has 2 rings (SSSR count). The van der Waals surface area contributed by atoms with Gasteiger partial charge in [-0.2, -0.15) is 4.31 Å². The van der Waals surface area contributed by atoms with Gasteiger partial charge in [-0.3, -0.25) is 0 Å². The first-order valence-electron chi connectivity index (χ1n) is 6.07. The number of nitrogens with zero attached hydrogens (tertiary/aromatic N) is 1. The fourth-order valence-corrected chi connectivity index (χ4v) is 5.27. The minimum atomic E-state index is -3.46. The molecule has 1 fully saturated rings. The van der Waals surface area contributed by atoms with Crippen molar-refractivity contribution >= 4 is 41.9 Å². The highest BCUT2D eigenvalue weighted by Crippen LogP contribution is 2.29. The molecule has 1 aliphatic heterocycles. The van der Waals surface area contributed by atoms with Crippen molar-refractivity contribution in [3.05, 3.63) is 27.1 Å². The average Bonchev–Trinajstić information content (AvgIpc) is 2.38. The van der Waals surface area contributed by atoms with Crippen molar-refractivity contribution in [2.24, 2.45) is 0 Å². The third kappa shape index (κ3) is 3.39. The summed E-state index contributed by atoms with van der Waals surface area (Å²) in [5.41, 5.74) is 0. The summed E-state index contributed by atoms with van der Waals surface area (Å²) in [6, 6.07) is 5.13. The van der Waals surface area contributed by atoms with Crippen molar-refractivity contribution in [1.29, 1.82) is 0 Å². The molecule has 1 atom stereocenters. The van der Waals surface area contributed by atoms with Gasteiger partial charge in [-0.15, -0.1) is 0 Å². The summed E-state index contributed by atoms with van der Waals surface area (Å²) in [6.07, 6.45) is 1.91. The molecule has 1 unspecified atom stereocenters. The lowest BCUT2D eigenvalue weighted by molar-refractivity contribution is 0.300. The number of sulfonamides is 1. The number of rotatable bonds is 3. The van der Waals surface area contributed by atoms with Crippen LogP contribution in [-0.4, -0.2) is 38.9 Å². The van der Waals surface area contributed by atoms with E-state index in [2.05, 4.69) is 37.2 Å². The molecular formula is C12H16Br2N2O2S. The Balaban J connectivity index is 2.30. The van der Waals surface area contributed by atoms with Crippen LogP contribution in [0.25, 0.3) is 0 Å². The van der Waals surface area contributed by atoms with E-state index in [-0.39, 0.29) is 6.04 Å². The second-order valence-corrected chi connectivity index (χ2v) is 8.33. The van der Waals surface area contributed by atoms with Crippen LogP contribution in [0.2, 0.25) is 0 Å². The highest BCUT2D eigenvalue weighted by molar-refractivity contribution is 9.11. The quantitative estimate of drug-likeness (QED) is 0.831. The Morgan fingerprint density at radius 3 is 2.68 bits per heavy atom. The number of nitrogens with one attached hydrogen (secondary N) is 1. The second-order valence-electron chi connectivity index (χ2n) is 4.60. The minimum Gasteiger partial charge on any atom is -0.315 e. The van der Waals surface area contributed by atoms with Crippen molar-refractivity contribution < 1.29 is 8.42 Å². The lowest BCUT2D eigenvalue weighted by Crippen LogP contribution is -2.46. The minimum absolute atomic E-state index is 0.0225. The number of halogens is 2.